The van der Waals surface area contributed by atoms with E-state index in [1.165, 1.54) is 24.3 Å². The molecular formula is C10H10BrClF3NO. The summed E-state index contributed by atoms with van der Waals surface area (Å²) in [5, 5.41) is 0. The van der Waals surface area contributed by atoms with Gasteiger partial charge in [0, 0.05) is 10.0 Å². The lowest BCUT2D eigenvalue weighted by molar-refractivity contribution is -0.274. The van der Waals surface area contributed by atoms with Gasteiger partial charge in [0.25, 0.3) is 0 Å². The van der Waals surface area contributed by atoms with Gasteiger partial charge in [-0.15, -0.1) is 32.2 Å². The van der Waals surface area contributed by atoms with E-state index in [9.17, 15) is 13.2 Å². The first-order valence-electron chi connectivity index (χ1n) is 4.27. The van der Waals surface area contributed by atoms with E-state index in [2.05, 4.69) is 27.2 Å². The first-order chi connectivity index (χ1) is 7.33. The fraction of sp³-hybridized carbons (Fsp3) is 0.200. The fourth-order valence-corrected chi connectivity index (χ4v) is 1.50. The third-order valence-corrected chi connectivity index (χ3v) is 2.30. The summed E-state index contributed by atoms with van der Waals surface area (Å²) < 4.78 is 40.7. The Labute approximate surface area is 111 Å². The predicted molar refractivity (Wildman–Crippen MR) is 65.2 cm³/mol. The molecule has 96 valence electrons. The number of rotatable bonds is 3. The molecule has 0 saturated heterocycles. The van der Waals surface area contributed by atoms with Crippen molar-refractivity contribution in [3.8, 4) is 5.75 Å². The van der Waals surface area contributed by atoms with E-state index in [0.29, 0.717) is 4.47 Å². The monoisotopic (exact) mass is 331 g/mol. The predicted octanol–water partition coefficient (Wildman–Crippen LogP) is 3.96. The highest BCUT2D eigenvalue weighted by atomic mass is 79.9. The SMILES string of the molecule is C=C[C@H](N)c1cc(Br)ccc1OC(F)(F)F.Cl. The summed E-state index contributed by atoms with van der Waals surface area (Å²) in [6, 6.07) is 3.40. The molecule has 0 bridgehead atoms. The van der Waals surface area contributed by atoms with Gasteiger partial charge in [0.2, 0.25) is 0 Å². The molecule has 0 fully saturated rings. The van der Waals surface area contributed by atoms with Crippen molar-refractivity contribution in [3.63, 3.8) is 0 Å². The molecule has 0 amide bonds. The molecule has 0 aromatic heterocycles. The molecule has 1 atom stereocenters. The van der Waals surface area contributed by atoms with E-state index in [0.717, 1.165) is 0 Å². The van der Waals surface area contributed by atoms with Gasteiger partial charge in [-0.3, -0.25) is 0 Å². The molecular weight excluding hydrogens is 322 g/mol. The Morgan fingerprint density at radius 2 is 2.00 bits per heavy atom. The number of benzene rings is 1. The Balaban J connectivity index is 0.00000256. The number of alkyl halides is 3. The fourth-order valence-electron chi connectivity index (χ4n) is 1.12. The highest BCUT2D eigenvalue weighted by Gasteiger charge is 2.32. The van der Waals surface area contributed by atoms with E-state index in [1.54, 1.807) is 0 Å². The number of ether oxygens (including phenoxy) is 1. The molecule has 0 spiro atoms. The third-order valence-electron chi connectivity index (χ3n) is 1.81. The van der Waals surface area contributed by atoms with Crippen LogP contribution in [0.15, 0.2) is 35.3 Å². The molecule has 2 nitrogen and oxygen atoms in total. The second kappa shape index (κ2) is 6.28. The van der Waals surface area contributed by atoms with Gasteiger partial charge in [-0.1, -0.05) is 22.0 Å². The Bertz CT molecular complexity index is 398. The second-order valence-corrected chi connectivity index (χ2v) is 3.91. The van der Waals surface area contributed by atoms with E-state index >= 15 is 0 Å². The van der Waals surface area contributed by atoms with E-state index in [4.69, 9.17) is 5.73 Å². The van der Waals surface area contributed by atoms with Gasteiger partial charge in [-0.2, -0.15) is 0 Å². The van der Waals surface area contributed by atoms with Crippen LogP contribution in [-0.2, 0) is 0 Å². The van der Waals surface area contributed by atoms with Crippen LogP contribution < -0.4 is 10.5 Å². The third kappa shape index (κ3) is 4.97. The van der Waals surface area contributed by atoms with Crippen molar-refractivity contribution in [2.45, 2.75) is 12.4 Å². The Morgan fingerprint density at radius 3 is 2.47 bits per heavy atom. The van der Waals surface area contributed by atoms with E-state index in [1.807, 2.05) is 0 Å². The first kappa shape index (κ1) is 16.3. The highest BCUT2D eigenvalue weighted by molar-refractivity contribution is 9.10. The van der Waals surface area contributed by atoms with Crippen LogP contribution in [0.2, 0.25) is 0 Å². The van der Waals surface area contributed by atoms with Crippen molar-refractivity contribution in [3.05, 3.63) is 40.9 Å². The summed E-state index contributed by atoms with van der Waals surface area (Å²) in [6.45, 7) is 3.43. The quantitative estimate of drug-likeness (QED) is 0.851. The summed E-state index contributed by atoms with van der Waals surface area (Å²) in [4.78, 5) is 0. The molecule has 0 unspecified atom stereocenters. The second-order valence-electron chi connectivity index (χ2n) is 2.99. The zero-order valence-electron chi connectivity index (χ0n) is 8.50. The molecule has 0 heterocycles. The van der Waals surface area contributed by atoms with Crippen LogP contribution >= 0.6 is 28.3 Å². The van der Waals surface area contributed by atoms with Gasteiger partial charge in [-0.05, 0) is 18.2 Å². The molecule has 1 aromatic carbocycles. The molecule has 1 aromatic rings. The smallest absolute Gasteiger partial charge is 0.405 e. The maximum atomic E-state index is 12.1. The average Bonchev–Trinajstić information content (AvgIpc) is 2.17. The van der Waals surface area contributed by atoms with Crippen molar-refractivity contribution in [1.82, 2.24) is 0 Å². The van der Waals surface area contributed by atoms with Crippen molar-refractivity contribution < 1.29 is 17.9 Å². The number of halogens is 5. The lowest BCUT2D eigenvalue weighted by atomic mass is 10.1. The Hall–Kier alpha value is -0.720. The Kier molecular flexibility index (Phi) is 6.01. The topological polar surface area (TPSA) is 35.2 Å². The summed E-state index contributed by atoms with van der Waals surface area (Å²) in [5.41, 5.74) is 5.82. The van der Waals surface area contributed by atoms with Gasteiger partial charge < -0.3 is 10.5 Å². The molecule has 0 saturated carbocycles. The zero-order valence-corrected chi connectivity index (χ0v) is 10.9. The number of nitrogens with two attached hydrogens (primary N) is 1. The molecule has 2 N–H and O–H groups in total. The standard InChI is InChI=1S/C10H9BrF3NO.ClH/c1-2-8(15)7-5-6(11)3-4-9(7)16-10(12,13)14;/h2-5,8H,1,15H2;1H/t8-;/m0./s1. The Morgan fingerprint density at radius 1 is 1.41 bits per heavy atom. The van der Waals surface area contributed by atoms with Gasteiger partial charge in [0.1, 0.15) is 5.75 Å². The van der Waals surface area contributed by atoms with Gasteiger partial charge >= 0.3 is 6.36 Å². The minimum absolute atomic E-state index is 0. The zero-order chi connectivity index (χ0) is 12.3. The lowest BCUT2D eigenvalue weighted by Crippen LogP contribution is -2.19. The van der Waals surface area contributed by atoms with Crippen LogP contribution in [0.4, 0.5) is 13.2 Å². The van der Waals surface area contributed by atoms with Crippen LogP contribution in [-0.4, -0.2) is 6.36 Å². The number of hydrogen-bond acceptors (Lipinski definition) is 2. The first-order valence-corrected chi connectivity index (χ1v) is 5.06. The van der Waals surface area contributed by atoms with Gasteiger partial charge in [0.05, 0.1) is 6.04 Å². The van der Waals surface area contributed by atoms with E-state index < -0.39 is 12.4 Å². The van der Waals surface area contributed by atoms with Crippen LogP contribution in [0, 0.1) is 0 Å². The molecule has 1 rings (SSSR count). The summed E-state index contributed by atoms with van der Waals surface area (Å²) >= 11 is 3.15. The normalized spacial score (nSPS) is 12.5. The molecule has 0 radical (unpaired) electrons. The largest absolute Gasteiger partial charge is 0.573 e. The molecule has 17 heavy (non-hydrogen) atoms. The highest BCUT2D eigenvalue weighted by Crippen LogP contribution is 2.32. The molecule has 0 aliphatic rings. The maximum absolute atomic E-state index is 12.1. The molecule has 7 heteroatoms. The summed E-state index contributed by atoms with van der Waals surface area (Å²) in [7, 11) is 0. The molecule has 0 aliphatic carbocycles. The minimum atomic E-state index is -4.73. The lowest BCUT2D eigenvalue weighted by Gasteiger charge is -2.16. The van der Waals surface area contributed by atoms with Crippen LogP contribution in [0.1, 0.15) is 11.6 Å². The summed E-state index contributed by atoms with van der Waals surface area (Å²) in [6.07, 6.45) is -3.39. The van der Waals surface area contributed by atoms with Crippen LogP contribution in [0.25, 0.3) is 0 Å². The molecule has 0 aliphatic heterocycles. The minimum Gasteiger partial charge on any atom is -0.405 e. The van der Waals surface area contributed by atoms with Crippen LogP contribution in [0.5, 0.6) is 5.75 Å². The van der Waals surface area contributed by atoms with E-state index in [-0.39, 0.29) is 23.7 Å². The van der Waals surface area contributed by atoms with Crippen molar-refractivity contribution in [2.75, 3.05) is 0 Å². The van der Waals surface area contributed by atoms with Crippen LogP contribution in [0.3, 0.4) is 0 Å². The average molecular weight is 333 g/mol. The number of hydrogen-bond donors (Lipinski definition) is 1. The van der Waals surface area contributed by atoms with Crippen molar-refractivity contribution in [2.24, 2.45) is 5.73 Å². The van der Waals surface area contributed by atoms with Crippen molar-refractivity contribution >= 4 is 28.3 Å². The maximum Gasteiger partial charge on any atom is 0.573 e. The summed E-state index contributed by atoms with van der Waals surface area (Å²) in [5.74, 6) is -0.317. The van der Waals surface area contributed by atoms with Gasteiger partial charge in [0.15, 0.2) is 0 Å². The van der Waals surface area contributed by atoms with Crippen molar-refractivity contribution in [1.29, 1.82) is 0 Å². The van der Waals surface area contributed by atoms with Gasteiger partial charge in [-0.25, -0.2) is 0 Å².